The normalized spacial score (nSPS) is 10.7. The minimum Gasteiger partial charge on any atom is -0.508 e. The number of benzene rings is 2. The van der Waals surface area contributed by atoms with E-state index in [0.29, 0.717) is 5.56 Å². The maximum Gasteiger partial charge on any atom is 0.255 e. The number of phenols is 1. The van der Waals surface area contributed by atoms with Crippen LogP contribution in [0.1, 0.15) is 41.3 Å². The van der Waals surface area contributed by atoms with Crippen LogP contribution in [0.3, 0.4) is 0 Å². The summed E-state index contributed by atoms with van der Waals surface area (Å²) in [5.41, 5.74) is 2.98. The third-order valence-electron chi connectivity index (χ3n) is 3.35. The molecule has 0 bridgehead atoms. The molecule has 4 heteroatoms. The monoisotopic (exact) mass is 347 g/mol. The van der Waals surface area contributed by atoms with Crippen molar-refractivity contribution in [2.45, 2.75) is 26.7 Å². The lowest BCUT2D eigenvalue weighted by Crippen LogP contribution is -2.13. The number of aryl methyl sites for hydroxylation is 1. The number of carbonyl (C=O) groups excluding carboxylic acids is 1. The van der Waals surface area contributed by atoms with E-state index >= 15 is 0 Å². The largest absolute Gasteiger partial charge is 0.508 e. The Morgan fingerprint density at radius 2 is 1.81 bits per heavy atom. The molecule has 2 aromatic carbocycles. The third-order valence-corrected chi connectivity index (χ3v) is 3.88. The van der Waals surface area contributed by atoms with Crippen molar-refractivity contribution in [1.82, 2.24) is 0 Å². The van der Waals surface area contributed by atoms with Crippen LogP contribution in [0.25, 0.3) is 0 Å². The standard InChI is InChI=1S/C17H18BrNO2/c1-10(2)14-9-15(11(3)8-16(14)20)19-17(21)12-4-6-13(18)7-5-12/h4-10,20H,1-3H3,(H,19,21). The molecule has 1 amide bonds. The highest BCUT2D eigenvalue weighted by molar-refractivity contribution is 9.10. The van der Waals surface area contributed by atoms with Crippen LogP contribution in [-0.4, -0.2) is 11.0 Å². The van der Waals surface area contributed by atoms with E-state index in [0.717, 1.165) is 21.3 Å². The first kappa shape index (κ1) is 15.6. The van der Waals surface area contributed by atoms with Gasteiger partial charge in [0.2, 0.25) is 0 Å². The van der Waals surface area contributed by atoms with Crippen molar-refractivity contribution in [3.05, 3.63) is 57.6 Å². The lowest BCUT2D eigenvalue weighted by molar-refractivity contribution is 0.102. The van der Waals surface area contributed by atoms with Crippen molar-refractivity contribution in [2.75, 3.05) is 5.32 Å². The molecule has 0 spiro atoms. The molecule has 0 saturated heterocycles. The van der Waals surface area contributed by atoms with Gasteiger partial charge < -0.3 is 10.4 Å². The van der Waals surface area contributed by atoms with Gasteiger partial charge in [0.05, 0.1) is 0 Å². The molecule has 0 aliphatic rings. The maximum atomic E-state index is 12.3. The zero-order chi connectivity index (χ0) is 15.6. The fourth-order valence-corrected chi connectivity index (χ4v) is 2.37. The summed E-state index contributed by atoms with van der Waals surface area (Å²) in [4.78, 5) is 12.3. The highest BCUT2D eigenvalue weighted by Crippen LogP contribution is 2.31. The molecule has 0 aromatic heterocycles. The van der Waals surface area contributed by atoms with Gasteiger partial charge >= 0.3 is 0 Å². The van der Waals surface area contributed by atoms with Gasteiger partial charge in [-0.2, -0.15) is 0 Å². The number of phenolic OH excluding ortho intramolecular Hbond substituents is 1. The van der Waals surface area contributed by atoms with E-state index in [1.807, 2.05) is 39.0 Å². The summed E-state index contributed by atoms with van der Waals surface area (Å²) in [6, 6.07) is 10.7. The molecule has 0 unspecified atom stereocenters. The fourth-order valence-electron chi connectivity index (χ4n) is 2.10. The van der Waals surface area contributed by atoms with Crippen molar-refractivity contribution in [3.8, 4) is 5.75 Å². The molecule has 0 heterocycles. The Morgan fingerprint density at radius 3 is 2.38 bits per heavy atom. The highest BCUT2D eigenvalue weighted by atomic mass is 79.9. The molecule has 2 rings (SSSR count). The Kier molecular flexibility index (Phi) is 4.68. The summed E-state index contributed by atoms with van der Waals surface area (Å²) >= 11 is 3.35. The summed E-state index contributed by atoms with van der Waals surface area (Å²) in [7, 11) is 0. The Balaban J connectivity index is 2.28. The predicted molar refractivity (Wildman–Crippen MR) is 89.0 cm³/mol. The minimum atomic E-state index is -0.161. The summed E-state index contributed by atoms with van der Waals surface area (Å²) in [6.45, 7) is 5.87. The molecule has 2 N–H and O–H groups in total. The Labute approximate surface area is 133 Å². The van der Waals surface area contributed by atoms with Gasteiger partial charge in [0.25, 0.3) is 5.91 Å². The molecule has 21 heavy (non-hydrogen) atoms. The molecule has 110 valence electrons. The van der Waals surface area contributed by atoms with Gasteiger partial charge in [0.15, 0.2) is 0 Å². The topological polar surface area (TPSA) is 49.3 Å². The predicted octanol–water partition coefficient (Wildman–Crippen LogP) is 4.84. The fraction of sp³-hybridized carbons (Fsp3) is 0.235. The first-order valence-electron chi connectivity index (χ1n) is 6.79. The van der Waals surface area contributed by atoms with Crippen molar-refractivity contribution in [2.24, 2.45) is 0 Å². The molecule has 0 aliphatic heterocycles. The number of amides is 1. The Morgan fingerprint density at radius 1 is 1.19 bits per heavy atom. The third kappa shape index (κ3) is 3.64. The quantitative estimate of drug-likeness (QED) is 0.780. The number of halogens is 1. The van der Waals surface area contributed by atoms with Gasteiger partial charge in [-0.15, -0.1) is 0 Å². The Hall–Kier alpha value is -1.81. The number of aromatic hydroxyl groups is 1. The van der Waals surface area contributed by atoms with Crippen LogP contribution in [-0.2, 0) is 0 Å². The molecule has 3 nitrogen and oxygen atoms in total. The zero-order valence-corrected chi connectivity index (χ0v) is 13.9. The number of hydrogen-bond acceptors (Lipinski definition) is 2. The second kappa shape index (κ2) is 6.31. The highest BCUT2D eigenvalue weighted by Gasteiger charge is 2.12. The lowest BCUT2D eigenvalue weighted by atomic mass is 9.99. The minimum absolute atomic E-state index is 0.161. The van der Waals surface area contributed by atoms with Crippen LogP contribution in [0.15, 0.2) is 40.9 Å². The van der Waals surface area contributed by atoms with E-state index < -0.39 is 0 Å². The van der Waals surface area contributed by atoms with Gasteiger partial charge in [0, 0.05) is 15.7 Å². The van der Waals surface area contributed by atoms with Crippen LogP contribution < -0.4 is 5.32 Å². The number of anilines is 1. The number of rotatable bonds is 3. The van der Waals surface area contributed by atoms with E-state index in [1.165, 1.54) is 0 Å². The summed E-state index contributed by atoms with van der Waals surface area (Å²) < 4.78 is 0.932. The smallest absolute Gasteiger partial charge is 0.255 e. The molecule has 0 atom stereocenters. The second-order valence-electron chi connectivity index (χ2n) is 5.34. The van der Waals surface area contributed by atoms with E-state index in [2.05, 4.69) is 21.2 Å². The van der Waals surface area contributed by atoms with Crippen molar-refractivity contribution in [3.63, 3.8) is 0 Å². The van der Waals surface area contributed by atoms with Gasteiger partial charge in [-0.1, -0.05) is 29.8 Å². The average molecular weight is 348 g/mol. The average Bonchev–Trinajstić information content (AvgIpc) is 2.42. The van der Waals surface area contributed by atoms with Gasteiger partial charge in [-0.25, -0.2) is 0 Å². The molecule has 2 aromatic rings. The number of hydrogen-bond donors (Lipinski definition) is 2. The molecule has 0 aliphatic carbocycles. The van der Waals surface area contributed by atoms with Crippen LogP contribution in [0, 0.1) is 6.92 Å². The zero-order valence-electron chi connectivity index (χ0n) is 12.3. The summed E-state index contributed by atoms with van der Waals surface area (Å²) in [5.74, 6) is 0.295. The van der Waals surface area contributed by atoms with Gasteiger partial charge in [0.1, 0.15) is 5.75 Å². The first-order valence-corrected chi connectivity index (χ1v) is 7.58. The number of nitrogens with one attached hydrogen (secondary N) is 1. The van der Waals surface area contributed by atoms with E-state index in [9.17, 15) is 9.90 Å². The maximum absolute atomic E-state index is 12.3. The van der Waals surface area contributed by atoms with Crippen molar-refractivity contribution in [1.29, 1.82) is 0 Å². The van der Waals surface area contributed by atoms with E-state index in [-0.39, 0.29) is 17.6 Å². The van der Waals surface area contributed by atoms with Crippen molar-refractivity contribution >= 4 is 27.5 Å². The van der Waals surface area contributed by atoms with Crippen LogP contribution in [0.2, 0.25) is 0 Å². The van der Waals surface area contributed by atoms with E-state index in [1.54, 1.807) is 18.2 Å². The Bertz CT molecular complexity index is 663. The molecule has 0 fully saturated rings. The first-order chi connectivity index (χ1) is 9.88. The van der Waals surface area contributed by atoms with Crippen molar-refractivity contribution < 1.29 is 9.90 Å². The molecule has 0 radical (unpaired) electrons. The summed E-state index contributed by atoms with van der Waals surface area (Å²) in [5, 5.41) is 12.9. The van der Waals surface area contributed by atoms with Gasteiger partial charge in [-0.05, 0) is 60.4 Å². The SMILES string of the molecule is Cc1cc(O)c(C(C)C)cc1NC(=O)c1ccc(Br)cc1. The van der Waals surface area contributed by atoms with Gasteiger partial charge in [-0.3, -0.25) is 4.79 Å². The van der Waals surface area contributed by atoms with Crippen LogP contribution in [0.4, 0.5) is 5.69 Å². The molecule has 0 saturated carbocycles. The number of carbonyl (C=O) groups is 1. The summed E-state index contributed by atoms with van der Waals surface area (Å²) in [6.07, 6.45) is 0. The molecular weight excluding hydrogens is 330 g/mol. The lowest BCUT2D eigenvalue weighted by Gasteiger charge is -2.14. The van der Waals surface area contributed by atoms with Crippen LogP contribution in [0.5, 0.6) is 5.75 Å². The molecular formula is C17H18BrNO2. The van der Waals surface area contributed by atoms with Crippen LogP contribution >= 0.6 is 15.9 Å². The second-order valence-corrected chi connectivity index (χ2v) is 6.26. The van der Waals surface area contributed by atoms with E-state index in [4.69, 9.17) is 0 Å².